The zero-order valence-corrected chi connectivity index (χ0v) is 9.92. The largest absolute Gasteiger partial charge is 0.416 e. The third-order valence-corrected chi connectivity index (χ3v) is 2.43. The summed E-state index contributed by atoms with van der Waals surface area (Å²) in [6, 6.07) is 5.30. The molecule has 0 spiro atoms. The molecule has 0 aliphatic heterocycles. The smallest absolute Gasteiger partial charge is 0.338 e. The van der Waals surface area contributed by atoms with Gasteiger partial charge < -0.3 is 4.52 Å². The van der Waals surface area contributed by atoms with Crippen LogP contribution in [0.15, 0.2) is 33.5 Å². The van der Waals surface area contributed by atoms with E-state index in [4.69, 9.17) is 4.52 Å². The molecule has 0 N–H and O–H groups in total. The number of nitrogens with zero attached hydrogens (tertiary/aromatic N) is 2. The van der Waals surface area contributed by atoms with Crippen LogP contribution < -0.4 is 0 Å². The molecule has 1 aromatic heterocycles. The number of benzene rings is 1. The van der Waals surface area contributed by atoms with E-state index in [1.54, 1.807) is 0 Å². The van der Waals surface area contributed by atoms with Gasteiger partial charge in [-0.25, -0.2) is 0 Å². The van der Waals surface area contributed by atoms with Crippen molar-refractivity contribution in [1.82, 2.24) is 10.1 Å². The van der Waals surface area contributed by atoms with Crippen molar-refractivity contribution in [2.24, 2.45) is 0 Å². The molecule has 0 bridgehead atoms. The van der Waals surface area contributed by atoms with Crippen LogP contribution in [0.25, 0.3) is 0 Å². The summed E-state index contributed by atoms with van der Waals surface area (Å²) in [5.74, 6) is 0.133. The van der Waals surface area contributed by atoms with Crippen LogP contribution in [0.3, 0.4) is 0 Å². The standard InChI is InChI=1S/C10H6BrF3N2O/c11-9-15-8(17-16-9)5-6-3-1-2-4-7(6)10(12,13)14/h1-4H,5H2. The van der Waals surface area contributed by atoms with Gasteiger partial charge in [0.1, 0.15) is 0 Å². The van der Waals surface area contributed by atoms with E-state index in [1.807, 2.05) is 0 Å². The van der Waals surface area contributed by atoms with Gasteiger partial charge >= 0.3 is 6.18 Å². The van der Waals surface area contributed by atoms with E-state index in [-0.39, 0.29) is 22.6 Å². The maximum Gasteiger partial charge on any atom is 0.416 e. The van der Waals surface area contributed by atoms with Gasteiger partial charge in [0.05, 0.1) is 12.0 Å². The normalized spacial score (nSPS) is 11.8. The van der Waals surface area contributed by atoms with Gasteiger partial charge in [-0.15, -0.1) is 0 Å². The molecule has 2 rings (SSSR count). The zero-order valence-electron chi connectivity index (χ0n) is 8.33. The van der Waals surface area contributed by atoms with Crippen LogP contribution in [0.5, 0.6) is 0 Å². The van der Waals surface area contributed by atoms with Crippen LogP contribution in [0.4, 0.5) is 13.2 Å². The Bertz CT molecular complexity index is 524. The summed E-state index contributed by atoms with van der Waals surface area (Å²) in [4.78, 5) is 3.80. The Hall–Kier alpha value is -1.37. The molecule has 0 fully saturated rings. The second kappa shape index (κ2) is 4.48. The number of alkyl halides is 3. The van der Waals surface area contributed by atoms with Crippen molar-refractivity contribution in [2.75, 3.05) is 0 Å². The highest BCUT2D eigenvalue weighted by Gasteiger charge is 2.33. The first-order valence-electron chi connectivity index (χ1n) is 4.60. The first kappa shape index (κ1) is 12.1. The first-order valence-corrected chi connectivity index (χ1v) is 5.39. The lowest BCUT2D eigenvalue weighted by Gasteiger charge is -2.10. The number of hydrogen-bond acceptors (Lipinski definition) is 3. The van der Waals surface area contributed by atoms with Crippen molar-refractivity contribution in [3.05, 3.63) is 46.0 Å². The predicted molar refractivity (Wildman–Crippen MR) is 56.2 cm³/mol. The van der Waals surface area contributed by atoms with E-state index in [1.165, 1.54) is 18.2 Å². The summed E-state index contributed by atoms with van der Waals surface area (Å²) in [7, 11) is 0. The summed E-state index contributed by atoms with van der Waals surface area (Å²) < 4.78 is 43.0. The van der Waals surface area contributed by atoms with Crippen molar-refractivity contribution >= 4 is 15.9 Å². The summed E-state index contributed by atoms with van der Waals surface area (Å²) >= 11 is 2.97. The highest BCUT2D eigenvalue weighted by Crippen LogP contribution is 2.32. The van der Waals surface area contributed by atoms with E-state index >= 15 is 0 Å². The molecule has 0 aliphatic rings. The molecule has 0 saturated carbocycles. The molecule has 0 atom stereocenters. The molecule has 1 aromatic carbocycles. The van der Waals surface area contributed by atoms with Crippen molar-refractivity contribution in [2.45, 2.75) is 12.6 Å². The number of rotatable bonds is 2. The lowest BCUT2D eigenvalue weighted by molar-refractivity contribution is -0.138. The van der Waals surface area contributed by atoms with Crippen molar-refractivity contribution in [3.63, 3.8) is 0 Å². The third kappa shape index (κ3) is 2.85. The molecule has 0 amide bonds. The van der Waals surface area contributed by atoms with Crippen molar-refractivity contribution < 1.29 is 17.7 Å². The summed E-state index contributed by atoms with van der Waals surface area (Å²) in [5, 5.41) is 3.45. The fourth-order valence-corrected chi connectivity index (χ4v) is 1.69. The van der Waals surface area contributed by atoms with Crippen LogP contribution in [0.2, 0.25) is 0 Å². The maximum absolute atomic E-state index is 12.7. The minimum atomic E-state index is -4.38. The Kier molecular flexibility index (Phi) is 3.19. The lowest BCUT2D eigenvalue weighted by atomic mass is 10.0. The van der Waals surface area contributed by atoms with E-state index in [2.05, 4.69) is 26.1 Å². The van der Waals surface area contributed by atoms with Gasteiger partial charge in [0.15, 0.2) is 0 Å². The fourth-order valence-electron chi connectivity index (χ4n) is 1.42. The molecular formula is C10H6BrF3N2O. The molecule has 1 heterocycles. The molecule has 7 heteroatoms. The highest BCUT2D eigenvalue weighted by atomic mass is 79.9. The van der Waals surface area contributed by atoms with Crippen molar-refractivity contribution in [3.8, 4) is 0 Å². The van der Waals surface area contributed by atoms with E-state index in [9.17, 15) is 13.2 Å². The lowest BCUT2D eigenvalue weighted by Crippen LogP contribution is -2.09. The van der Waals surface area contributed by atoms with Gasteiger partial charge in [-0.2, -0.15) is 18.2 Å². The quantitative estimate of drug-likeness (QED) is 0.853. The van der Waals surface area contributed by atoms with E-state index in [0.717, 1.165) is 6.07 Å². The maximum atomic E-state index is 12.7. The van der Waals surface area contributed by atoms with Gasteiger partial charge in [0.25, 0.3) is 0 Å². The van der Waals surface area contributed by atoms with Crippen LogP contribution in [0.1, 0.15) is 17.0 Å². The molecular weight excluding hydrogens is 301 g/mol. The summed E-state index contributed by atoms with van der Waals surface area (Å²) in [5.41, 5.74) is -0.578. The zero-order chi connectivity index (χ0) is 12.5. The van der Waals surface area contributed by atoms with Gasteiger partial charge in [-0.1, -0.05) is 18.2 Å². The van der Waals surface area contributed by atoms with Crippen LogP contribution in [-0.4, -0.2) is 10.1 Å². The fraction of sp³-hybridized carbons (Fsp3) is 0.200. The molecule has 0 aliphatic carbocycles. The molecule has 90 valence electrons. The molecule has 0 unspecified atom stereocenters. The SMILES string of the molecule is FC(F)(F)c1ccccc1Cc1nc(Br)no1. The minimum absolute atomic E-state index is 0.0473. The average molecular weight is 307 g/mol. The van der Waals surface area contributed by atoms with Crippen LogP contribution in [-0.2, 0) is 12.6 Å². The van der Waals surface area contributed by atoms with E-state index in [0.29, 0.717) is 0 Å². The Labute approximate surface area is 103 Å². The number of aromatic nitrogens is 2. The average Bonchev–Trinajstić information content (AvgIpc) is 2.63. The highest BCUT2D eigenvalue weighted by molar-refractivity contribution is 9.10. The molecule has 2 aromatic rings. The second-order valence-electron chi connectivity index (χ2n) is 3.29. The summed E-state index contributed by atoms with van der Waals surface area (Å²) in [6.45, 7) is 0. The Morgan fingerprint density at radius 2 is 1.94 bits per heavy atom. The topological polar surface area (TPSA) is 38.9 Å². The number of halogens is 4. The van der Waals surface area contributed by atoms with E-state index < -0.39 is 11.7 Å². The van der Waals surface area contributed by atoms with Gasteiger partial charge in [0.2, 0.25) is 10.6 Å². The third-order valence-electron chi connectivity index (χ3n) is 2.11. The number of hydrogen-bond donors (Lipinski definition) is 0. The minimum Gasteiger partial charge on any atom is -0.338 e. The second-order valence-corrected chi connectivity index (χ2v) is 4.00. The molecule has 17 heavy (non-hydrogen) atoms. The van der Waals surface area contributed by atoms with Gasteiger partial charge in [-0.3, -0.25) is 0 Å². The van der Waals surface area contributed by atoms with Crippen LogP contribution in [0, 0.1) is 0 Å². The van der Waals surface area contributed by atoms with Gasteiger partial charge in [-0.05, 0) is 32.7 Å². The molecule has 0 radical (unpaired) electrons. The van der Waals surface area contributed by atoms with Gasteiger partial charge in [0, 0.05) is 0 Å². The predicted octanol–water partition coefficient (Wildman–Crippen LogP) is 3.44. The van der Waals surface area contributed by atoms with Crippen LogP contribution >= 0.6 is 15.9 Å². The monoisotopic (exact) mass is 306 g/mol. The molecule has 3 nitrogen and oxygen atoms in total. The Morgan fingerprint density at radius 3 is 2.53 bits per heavy atom. The Balaban J connectivity index is 2.33. The molecule has 0 saturated heterocycles. The summed E-state index contributed by atoms with van der Waals surface area (Å²) in [6.07, 6.45) is -4.43. The first-order chi connectivity index (χ1) is 7.97. The van der Waals surface area contributed by atoms with Crippen molar-refractivity contribution in [1.29, 1.82) is 0 Å². The Morgan fingerprint density at radius 1 is 1.24 bits per heavy atom.